The fraction of sp³-hybridized carbons (Fsp3) is 0.875. The molecule has 0 aromatic carbocycles. The summed E-state index contributed by atoms with van der Waals surface area (Å²) < 4.78 is 27.0. The Labute approximate surface area is 144 Å². The Morgan fingerprint density at radius 2 is 1.83 bits per heavy atom. The average Bonchev–Trinajstić information content (AvgIpc) is 3.30. The lowest BCUT2D eigenvalue weighted by Crippen LogP contribution is -2.46. The highest BCUT2D eigenvalue weighted by Crippen LogP contribution is 2.38. The van der Waals surface area contributed by atoms with Crippen LogP contribution in [-0.4, -0.2) is 79.4 Å². The summed E-state index contributed by atoms with van der Waals surface area (Å²) in [6.45, 7) is 5.74. The van der Waals surface area contributed by atoms with Crippen LogP contribution in [0.1, 0.15) is 33.1 Å². The minimum atomic E-state index is -3.31. The summed E-state index contributed by atoms with van der Waals surface area (Å²) in [6.07, 6.45) is 1.75. The Balaban J connectivity index is 1.89. The molecule has 3 fully saturated rings. The van der Waals surface area contributed by atoms with Gasteiger partial charge in [0, 0.05) is 57.5 Å². The molecule has 136 valence electrons. The molecule has 0 radical (unpaired) electrons. The summed E-state index contributed by atoms with van der Waals surface area (Å²) in [7, 11) is -1.57. The highest BCUT2D eigenvalue weighted by Gasteiger charge is 2.50. The molecule has 1 saturated carbocycles. The van der Waals surface area contributed by atoms with E-state index in [0.29, 0.717) is 39.1 Å². The first-order valence-electron chi connectivity index (χ1n) is 8.66. The molecule has 1 atom stereocenters. The van der Waals surface area contributed by atoms with Gasteiger partial charge in [-0.2, -0.15) is 4.31 Å². The SMILES string of the molecule is CC(C)C(=O)N1CCN(S(=O)(=O)C2CC2)CC2(CC(=O)N(C)C2)C1. The molecule has 0 bridgehead atoms. The number of nitrogens with zero attached hydrogens (tertiary/aromatic N) is 3. The first-order valence-corrected chi connectivity index (χ1v) is 10.2. The Morgan fingerprint density at radius 3 is 2.33 bits per heavy atom. The van der Waals surface area contributed by atoms with Crippen LogP contribution in [0.3, 0.4) is 0 Å². The molecule has 1 aliphatic carbocycles. The number of likely N-dealkylation sites (tertiary alicyclic amines) is 1. The van der Waals surface area contributed by atoms with Gasteiger partial charge in [0.2, 0.25) is 21.8 Å². The maximum atomic E-state index is 12.7. The van der Waals surface area contributed by atoms with Crippen LogP contribution >= 0.6 is 0 Å². The first kappa shape index (κ1) is 17.7. The average molecular weight is 357 g/mol. The van der Waals surface area contributed by atoms with Gasteiger partial charge in [0.05, 0.1) is 5.25 Å². The molecule has 1 unspecified atom stereocenters. The van der Waals surface area contributed by atoms with E-state index in [-0.39, 0.29) is 23.0 Å². The van der Waals surface area contributed by atoms with Gasteiger partial charge in [-0.15, -0.1) is 0 Å². The molecule has 3 rings (SSSR count). The Kier molecular flexibility index (Phi) is 4.40. The van der Waals surface area contributed by atoms with Crippen LogP contribution in [0.2, 0.25) is 0 Å². The summed E-state index contributed by atoms with van der Waals surface area (Å²) in [5, 5.41) is -0.267. The van der Waals surface area contributed by atoms with Gasteiger partial charge in [-0.05, 0) is 12.8 Å². The molecule has 1 spiro atoms. The van der Waals surface area contributed by atoms with Gasteiger partial charge in [-0.1, -0.05) is 13.8 Å². The van der Waals surface area contributed by atoms with E-state index < -0.39 is 15.4 Å². The molecule has 24 heavy (non-hydrogen) atoms. The van der Waals surface area contributed by atoms with Crippen molar-refractivity contribution in [1.29, 1.82) is 0 Å². The highest BCUT2D eigenvalue weighted by molar-refractivity contribution is 7.90. The number of carbonyl (C=O) groups excluding carboxylic acids is 2. The monoisotopic (exact) mass is 357 g/mol. The smallest absolute Gasteiger partial charge is 0.225 e. The molecule has 2 saturated heterocycles. The third-order valence-corrected chi connectivity index (χ3v) is 7.64. The second-order valence-electron chi connectivity index (χ2n) is 7.92. The van der Waals surface area contributed by atoms with E-state index in [0.717, 1.165) is 12.8 Å². The van der Waals surface area contributed by atoms with Gasteiger partial charge in [0.15, 0.2) is 0 Å². The first-order chi connectivity index (χ1) is 11.1. The van der Waals surface area contributed by atoms with E-state index in [4.69, 9.17) is 0 Å². The molecular weight excluding hydrogens is 330 g/mol. The quantitative estimate of drug-likeness (QED) is 0.719. The second-order valence-corrected chi connectivity index (χ2v) is 10.1. The highest BCUT2D eigenvalue weighted by atomic mass is 32.2. The topological polar surface area (TPSA) is 78.0 Å². The van der Waals surface area contributed by atoms with Crippen molar-refractivity contribution in [2.24, 2.45) is 11.3 Å². The standard InChI is InChI=1S/C16H27N3O4S/c1-12(2)15(21)18-6-7-19(24(22,23)13-4-5-13)11-16(10-18)8-14(20)17(3)9-16/h12-13H,4-11H2,1-3H3. The third kappa shape index (κ3) is 3.18. The van der Waals surface area contributed by atoms with Crippen LogP contribution in [0.5, 0.6) is 0 Å². The zero-order valence-corrected chi connectivity index (χ0v) is 15.5. The minimum Gasteiger partial charge on any atom is -0.345 e. The second kappa shape index (κ2) is 5.98. The summed E-state index contributed by atoms with van der Waals surface area (Å²) in [5.74, 6) is -0.0804. The fourth-order valence-corrected chi connectivity index (χ4v) is 5.82. The summed E-state index contributed by atoms with van der Waals surface area (Å²) in [5.41, 5.74) is -0.491. The molecular formula is C16H27N3O4S. The largest absolute Gasteiger partial charge is 0.345 e. The zero-order chi connectivity index (χ0) is 17.7. The number of amides is 2. The zero-order valence-electron chi connectivity index (χ0n) is 14.7. The maximum Gasteiger partial charge on any atom is 0.225 e. The number of sulfonamides is 1. The lowest BCUT2D eigenvalue weighted by molar-refractivity contribution is -0.135. The van der Waals surface area contributed by atoms with Crippen LogP contribution in [0.25, 0.3) is 0 Å². The molecule has 0 aromatic heterocycles. The predicted octanol–water partition coefficient (Wildman–Crippen LogP) is 0.127. The normalized spacial score (nSPS) is 29.6. The Morgan fingerprint density at radius 1 is 1.17 bits per heavy atom. The van der Waals surface area contributed by atoms with Crippen molar-refractivity contribution < 1.29 is 18.0 Å². The van der Waals surface area contributed by atoms with Crippen molar-refractivity contribution in [3.63, 3.8) is 0 Å². The van der Waals surface area contributed by atoms with Crippen molar-refractivity contribution in [2.75, 3.05) is 39.8 Å². The lowest BCUT2D eigenvalue weighted by atomic mass is 9.86. The van der Waals surface area contributed by atoms with E-state index in [1.807, 2.05) is 13.8 Å². The number of hydrogen-bond acceptors (Lipinski definition) is 4. The van der Waals surface area contributed by atoms with E-state index in [9.17, 15) is 18.0 Å². The van der Waals surface area contributed by atoms with Crippen LogP contribution in [0.15, 0.2) is 0 Å². The number of carbonyl (C=O) groups is 2. The molecule has 2 aliphatic heterocycles. The van der Waals surface area contributed by atoms with Gasteiger partial charge in [0.25, 0.3) is 0 Å². The third-order valence-electron chi connectivity index (χ3n) is 5.29. The Bertz CT molecular complexity index is 644. The van der Waals surface area contributed by atoms with Gasteiger partial charge in [0.1, 0.15) is 0 Å². The van der Waals surface area contributed by atoms with Crippen molar-refractivity contribution in [3.05, 3.63) is 0 Å². The molecule has 2 heterocycles. The molecule has 7 nitrogen and oxygen atoms in total. The van der Waals surface area contributed by atoms with E-state index in [1.165, 1.54) is 0 Å². The number of rotatable bonds is 3. The van der Waals surface area contributed by atoms with E-state index in [2.05, 4.69) is 0 Å². The Hall–Kier alpha value is -1.15. The van der Waals surface area contributed by atoms with E-state index >= 15 is 0 Å². The van der Waals surface area contributed by atoms with E-state index in [1.54, 1.807) is 21.2 Å². The molecule has 8 heteroatoms. The number of hydrogen-bond donors (Lipinski definition) is 0. The summed E-state index contributed by atoms with van der Waals surface area (Å²) in [4.78, 5) is 28.1. The van der Waals surface area contributed by atoms with Crippen molar-refractivity contribution >= 4 is 21.8 Å². The fourth-order valence-electron chi connectivity index (χ4n) is 3.88. The van der Waals surface area contributed by atoms with Gasteiger partial charge >= 0.3 is 0 Å². The van der Waals surface area contributed by atoms with Crippen molar-refractivity contribution in [1.82, 2.24) is 14.1 Å². The summed E-state index contributed by atoms with van der Waals surface area (Å²) in [6, 6.07) is 0. The van der Waals surface area contributed by atoms with Crippen LogP contribution in [0, 0.1) is 11.3 Å². The molecule has 0 N–H and O–H groups in total. The molecule has 0 aromatic rings. The van der Waals surface area contributed by atoms with Crippen LogP contribution in [-0.2, 0) is 19.6 Å². The van der Waals surface area contributed by atoms with Crippen LogP contribution in [0.4, 0.5) is 0 Å². The summed E-state index contributed by atoms with van der Waals surface area (Å²) >= 11 is 0. The predicted molar refractivity (Wildman–Crippen MR) is 89.6 cm³/mol. The molecule has 3 aliphatic rings. The van der Waals surface area contributed by atoms with Gasteiger partial charge in [-0.3, -0.25) is 9.59 Å². The minimum absolute atomic E-state index is 0.0256. The van der Waals surface area contributed by atoms with Crippen molar-refractivity contribution in [2.45, 2.75) is 38.4 Å². The maximum absolute atomic E-state index is 12.7. The van der Waals surface area contributed by atoms with Gasteiger partial charge in [-0.25, -0.2) is 8.42 Å². The molecule has 2 amide bonds. The van der Waals surface area contributed by atoms with Crippen LogP contribution < -0.4 is 0 Å². The van der Waals surface area contributed by atoms with Gasteiger partial charge < -0.3 is 9.80 Å². The lowest BCUT2D eigenvalue weighted by Gasteiger charge is -2.33. The van der Waals surface area contributed by atoms with Crippen molar-refractivity contribution in [3.8, 4) is 0 Å².